The molecule has 0 aromatic carbocycles. The first kappa shape index (κ1) is 12.4. The van der Waals surface area contributed by atoms with E-state index in [1.54, 1.807) is 25.5 Å². The van der Waals surface area contributed by atoms with Crippen molar-refractivity contribution in [2.75, 3.05) is 0 Å². The zero-order valence-electron chi connectivity index (χ0n) is 11.2. The van der Waals surface area contributed by atoms with Gasteiger partial charge in [-0.05, 0) is 24.6 Å². The van der Waals surface area contributed by atoms with E-state index >= 15 is 0 Å². The number of hydrogen-bond donors (Lipinski definition) is 1. The molecule has 0 fully saturated rings. The van der Waals surface area contributed by atoms with Crippen LogP contribution in [0.25, 0.3) is 22.2 Å². The summed E-state index contributed by atoms with van der Waals surface area (Å²) in [6.07, 6.45) is 7.13. The minimum atomic E-state index is -0.903. The van der Waals surface area contributed by atoms with E-state index in [9.17, 15) is 4.79 Å². The zero-order chi connectivity index (χ0) is 14.3. The molecule has 0 amide bonds. The second kappa shape index (κ2) is 4.48. The number of aromatic nitrogens is 4. The molecule has 102 valence electrons. The Hall–Kier alpha value is -2.63. The van der Waals surface area contributed by atoms with Gasteiger partial charge in [0.1, 0.15) is 11.7 Å². The van der Waals surface area contributed by atoms with Gasteiger partial charge in [0.2, 0.25) is 0 Å². The van der Waals surface area contributed by atoms with E-state index in [1.807, 2.05) is 29.9 Å². The van der Waals surface area contributed by atoms with Crippen molar-refractivity contribution >= 4 is 17.0 Å². The lowest BCUT2D eigenvalue weighted by molar-refractivity contribution is -0.140. The van der Waals surface area contributed by atoms with E-state index in [-0.39, 0.29) is 0 Å². The molecule has 0 aliphatic heterocycles. The fourth-order valence-corrected chi connectivity index (χ4v) is 2.22. The molecule has 6 heteroatoms. The molecule has 0 saturated carbocycles. The van der Waals surface area contributed by atoms with Gasteiger partial charge in [-0.3, -0.25) is 4.68 Å². The van der Waals surface area contributed by atoms with Gasteiger partial charge in [0.15, 0.2) is 0 Å². The highest BCUT2D eigenvalue weighted by Crippen LogP contribution is 2.27. The third kappa shape index (κ3) is 1.85. The van der Waals surface area contributed by atoms with Crippen LogP contribution in [0.5, 0.6) is 0 Å². The predicted molar refractivity (Wildman–Crippen MR) is 74.3 cm³/mol. The Labute approximate surface area is 115 Å². The lowest BCUT2D eigenvalue weighted by Gasteiger charge is -2.05. The molecule has 0 aliphatic carbocycles. The molecule has 6 nitrogen and oxygen atoms in total. The molecular weight excluding hydrogens is 256 g/mol. The minimum Gasteiger partial charge on any atom is -0.480 e. The van der Waals surface area contributed by atoms with Crippen LogP contribution in [0.4, 0.5) is 0 Å². The highest BCUT2D eigenvalue weighted by atomic mass is 16.4. The molecule has 3 rings (SSSR count). The number of carboxylic acids is 1. The van der Waals surface area contributed by atoms with Gasteiger partial charge in [-0.2, -0.15) is 5.10 Å². The lowest BCUT2D eigenvalue weighted by Crippen LogP contribution is -2.15. The number of carboxylic acid groups (broad SMARTS) is 1. The van der Waals surface area contributed by atoms with Crippen LogP contribution in [0, 0.1) is 0 Å². The molecule has 0 spiro atoms. The molecule has 3 aromatic rings. The van der Waals surface area contributed by atoms with Crippen LogP contribution in [0.2, 0.25) is 0 Å². The molecule has 0 radical (unpaired) electrons. The van der Waals surface area contributed by atoms with Gasteiger partial charge in [0.25, 0.3) is 0 Å². The average Bonchev–Trinajstić information content (AvgIpc) is 3.05. The van der Waals surface area contributed by atoms with Crippen molar-refractivity contribution in [3.8, 4) is 11.1 Å². The lowest BCUT2D eigenvalue weighted by atomic mass is 10.1. The summed E-state index contributed by atoms with van der Waals surface area (Å²) >= 11 is 0. The van der Waals surface area contributed by atoms with Crippen molar-refractivity contribution in [3.63, 3.8) is 0 Å². The highest BCUT2D eigenvalue weighted by molar-refractivity contribution is 5.92. The molecule has 3 aromatic heterocycles. The fraction of sp³-hybridized carbons (Fsp3) is 0.214. The van der Waals surface area contributed by atoms with Gasteiger partial charge < -0.3 is 9.67 Å². The van der Waals surface area contributed by atoms with E-state index in [0.717, 1.165) is 22.2 Å². The highest BCUT2D eigenvalue weighted by Gasteiger charge is 2.15. The van der Waals surface area contributed by atoms with E-state index in [0.29, 0.717) is 0 Å². The third-order valence-corrected chi connectivity index (χ3v) is 3.43. The van der Waals surface area contributed by atoms with Crippen LogP contribution >= 0.6 is 0 Å². The standard InChI is InChI=1S/C14H14N4O2/c1-9(14(19)20)18-8-10(7-16-18)11-3-5-15-13-12(11)4-6-17(13)2/h3-9H,1-2H3,(H,19,20). The third-order valence-electron chi connectivity index (χ3n) is 3.43. The molecule has 0 aliphatic rings. The van der Waals surface area contributed by atoms with E-state index in [2.05, 4.69) is 10.1 Å². The summed E-state index contributed by atoms with van der Waals surface area (Å²) in [5.74, 6) is -0.903. The number of aliphatic carboxylic acids is 1. The van der Waals surface area contributed by atoms with Crippen molar-refractivity contribution in [1.29, 1.82) is 0 Å². The maximum absolute atomic E-state index is 11.0. The van der Waals surface area contributed by atoms with Gasteiger partial charge >= 0.3 is 5.97 Å². The maximum Gasteiger partial charge on any atom is 0.328 e. The molecule has 1 N–H and O–H groups in total. The second-order valence-electron chi connectivity index (χ2n) is 4.75. The summed E-state index contributed by atoms with van der Waals surface area (Å²) in [6.45, 7) is 1.60. The van der Waals surface area contributed by atoms with E-state index < -0.39 is 12.0 Å². The summed E-state index contributed by atoms with van der Waals surface area (Å²) < 4.78 is 3.40. The first-order chi connectivity index (χ1) is 9.58. The Morgan fingerprint density at radius 2 is 2.20 bits per heavy atom. The SMILES string of the molecule is CC(C(=O)O)n1cc(-c2ccnc3c2ccn3C)cn1. The Bertz CT molecular complexity index is 787. The van der Waals surface area contributed by atoms with Crippen molar-refractivity contribution in [2.24, 2.45) is 7.05 Å². The topological polar surface area (TPSA) is 72.9 Å². The summed E-state index contributed by atoms with van der Waals surface area (Å²) in [4.78, 5) is 15.3. The molecular formula is C14H14N4O2. The van der Waals surface area contributed by atoms with Crippen LogP contribution in [0.15, 0.2) is 36.9 Å². The number of rotatable bonds is 3. The average molecular weight is 270 g/mol. The Balaban J connectivity index is 2.10. The number of hydrogen-bond acceptors (Lipinski definition) is 3. The smallest absolute Gasteiger partial charge is 0.328 e. The van der Waals surface area contributed by atoms with Crippen LogP contribution in [0.1, 0.15) is 13.0 Å². The number of aryl methyl sites for hydroxylation is 1. The van der Waals surface area contributed by atoms with Crippen LogP contribution in [0.3, 0.4) is 0 Å². The molecule has 1 atom stereocenters. The van der Waals surface area contributed by atoms with Gasteiger partial charge in [0.05, 0.1) is 6.20 Å². The predicted octanol–water partition coefficient (Wildman–Crippen LogP) is 2.08. The molecule has 20 heavy (non-hydrogen) atoms. The van der Waals surface area contributed by atoms with E-state index in [4.69, 9.17) is 5.11 Å². The quantitative estimate of drug-likeness (QED) is 0.790. The van der Waals surface area contributed by atoms with Crippen molar-refractivity contribution in [3.05, 3.63) is 36.9 Å². The van der Waals surface area contributed by atoms with Crippen molar-refractivity contribution in [1.82, 2.24) is 19.3 Å². The van der Waals surface area contributed by atoms with E-state index in [1.165, 1.54) is 4.68 Å². The van der Waals surface area contributed by atoms with Crippen LogP contribution in [-0.4, -0.2) is 30.4 Å². The minimum absolute atomic E-state index is 0.683. The number of nitrogens with zero attached hydrogens (tertiary/aromatic N) is 4. The van der Waals surface area contributed by atoms with Gasteiger partial charge in [-0.15, -0.1) is 0 Å². The molecule has 1 unspecified atom stereocenters. The fourth-order valence-electron chi connectivity index (χ4n) is 2.22. The Morgan fingerprint density at radius 3 is 2.95 bits per heavy atom. The second-order valence-corrected chi connectivity index (χ2v) is 4.75. The van der Waals surface area contributed by atoms with Gasteiger partial charge in [-0.1, -0.05) is 0 Å². The number of pyridine rings is 1. The summed E-state index contributed by atoms with van der Waals surface area (Å²) in [5.41, 5.74) is 2.78. The first-order valence-electron chi connectivity index (χ1n) is 6.25. The van der Waals surface area contributed by atoms with Crippen molar-refractivity contribution in [2.45, 2.75) is 13.0 Å². The Morgan fingerprint density at radius 1 is 1.40 bits per heavy atom. The summed E-state index contributed by atoms with van der Waals surface area (Å²) in [7, 11) is 1.94. The zero-order valence-corrected chi connectivity index (χ0v) is 11.2. The molecule has 0 bridgehead atoms. The van der Waals surface area contributed by atoms with Gasteiger partial charge in [0, 0.05) is 36.6 Å². The molecule has 0 saturated heterocycles. The summed E-state index contributed by atoms with van der Waals surface area (Å²) in [6, 6.07) is 3.22. The maximum atomic E-state index is 11.0. The Kier molecular flexibility index (Phi) is 2.78. The largest absolute Gasteiger partial charge is 0.480 e. The van der Waals surface area contributed by atoms with Gasteiger partial charge in [-0.25, -0.2) is 9.78 Å². The number of fused-ring (bicyclic) bond motifs is 1. The monoisotopic (exact) mass is 270 g/mol. The number of carbonyl (C=O) groups is 1. The normalized spacial score (nSPS) is 12.7. The molecule has 3 heterocycles. The van der Waals surface area contributed by atoms with Crippen LogP contribution in [-0.2, 0) is 11.8 Å². The van der Waals surface area contributed by atoms with Crippen molar-refractivity contribution < 1.29 is 9.90 Å². The first-order valence-corrected chi connectivity index (χ1v) is 6.25. The summed E-state index contributed by atoms with van der Waals surface area (Å²) in [5, 5.41) is 14.2. The van der Waals surface area contributed by atoms with Crippen LogP contribution < -0.4 is 0 Å².